The van der Waals surface area contributed by atoms with Gasteiger partial charge in [-0.25, -0.2) is 15.0 Å². The number of anilines is 3. The van der Waals surface area contributed by atoms with Crippen LogP contribution in [0.2, 0.25) is 0 Å². The Bertz CT molecular complexity index is 3890. The summed E-state index contributed by atoms with van der Waals surface area (Å²) in [5, 5.41) is 7.03. The molecule has 12 aromatic rings. The van der Waals surface area contributed by atoms with Gasteiger partial charge in [0, 0.05) is 64.7 Å². The highest BCUT2D eigenvalue weighted by Gasteiger charge is 2.35. The van der Waals surface area contributed by atoms with Crippen molar-refractivity contribution in [2.45, 2.75) is 19.3 Å². The normalized spacial score (nSPS) is 12.7. The van der Waals surface area contributed by atoms with Gasteiger partial charge in [-0.3, -0.25) is 0 Å². The lowest BCUT2D eigenvalue weighted by atomic mass is 9.82. The Balaban J connectivity index is 0.949. The first-order chi connectivity index (χ1) is 32.9. The van der Waals surface area contributed by atoms with Gasteiger partial charge in [-0.15, -0.1) is 11.3 Å². The molecule has 0 amide bonds. The highest BCUT2D eigenvalue weighted by atomic mass is 32.1. The molecule has 0 N–H and O–H groups in total. The first-order valence-electron chi connectivity index (χ1n) is 22.8. The molecule has 1 aliphatic carbocycles. The zero-order chi connectivity index (χ0) is 44.6. The zero-order valence-corrected chi connectivity index (χ0v) is 37.8. The molecule has 0 radical (unpaired) electrons. The Hall–Kier alpha value is -8.25. The average molecular weight is 875 g/mol. The van der Waals surface area contributed by atoms with E-state index in [0.29, 0.717) is 17.5 Å². The van der Waals surface area contributed by atoms with Gasteiger partial charge in [0.25, 0.3) is 0 Å². The second-order valence-corrected chi connectivity index (χ2v) is 19.1. The second-order valence-electron chi connectivity index (χ2n) is 18.0. The maximum absolute atomic E-state index is 5.30. The summed E-state index contributed by atoms with van der Waals surface area (Å²) in [4.78, 5) is 18.0. The number of benzene rings is 10. The SMILES string of the molecule is CC1(C)c2ccccc2-c2ccc(N(c3ccccc3)c3ccc(-c4ccc5c(-c6nc(-c7ccccc7)nc(-c7ccc8ccccc8c7)n6)cc6c7ccccc7sc6c5c4)cc3)cc21. The van der Waals surface area contributed by atoms with Crippen LogP contribution in [-0.2, 0) is 5.41 Å². The fraction of sp³-hybridized carbons (Fsp3) is 0.0484. The first-order valence-corrected chi connectivity index (χ1v) is 23.7. The Morgan fingerprint density at radius 2 is 0.970 bits per heavy atom. The minimum absolute atomic E-state index is 0.100. The van der Waals surface area contributed by atoms with Crippen molar-refractivity contribution in [3.8, 4) is 56.4 Å². The summed E-state index contributed by atoms with van der Waals surface area (Å²) >= 11 is 1.85. The maximum atomic E-state index is 5.30. The highest BCUT2D eigenvalue weighted by molar-refractivity contribution is 7.26. The van der Waals surface area contributed by atoms with Crippen LogP contribution in [-0.4, -0.2) is 15.0 Å². The molecule has 0 spiro atoms. The number of hydrogen-bond donors (Lipinski definition) is 0. The van der Waals surface area contributed by atoms with Crippen molar-refractivity contribution in [1.82, 2.24) is 15.0 Å². The van der Waals surface area contributed by atoms with E-state index in [9.17, 15) is 0 Å². The molecule has 2 heterocycles. The minimum atomic E-state index is -0.100. The Kier molecular flexibility index (Phi) is 9.02. The third-order valence-electron chi connectivity index (χ3n) is 13.7. The number of thiophene rings is 1. The van der Waals surface area contributed by atoms with Crippen LogP contribution in [0.15, 0.2) is 218 Å². The minimum Gasteiger partial charge on any atom is -0.310 e. The summed E-state index contributed by atoms with van der Waals surface area (Å²) in [7, 11) is 0. The van der Waals surface area contributed by atoms with Crippen LogP contribution in [0.4, 0.5) is 17.1 Å². The largest absolute Gasteiger partial charge is 0.310 e. The molecule has 4 nitrogen and oxygen atoms in total. The molecule has 10 aromatic carbocycles. The summed E-state index contributed by atoms with van der Waals surface area (Å²) in [6.45, 7) is 4.69. The van der Waals surface area contributed by atoms with Crippen LogP contribution in [0.5, 0.6) is 0 Å². The smallest absolute Gasteiger partial charge is 0.164 e. The van der Waals surface area contributed by atoms with Gasteiger partial charge in [0.2, 0.25) is 0 Å². The molecule has 0 aliphatic heterocycles. The molecule has 0 atom stereocenters. The van der Waals surface area contributed by atoms with E-state index < -0.39 is 0 Å². The summed E-state index contributed by atoms with van der Waals surface area (Å²) < 4.78 is 2.51. The van der Waals surface area contributed by atoms with Crippen LogP contribution in [0.25, 0.3) is 98.1 Å². The third kappa shape index (κ3) is 6.53. The van der Waals surface area contributed by atoms with E-state index in [1.54, 1.807) is 0 Å². The molecule has 5 heteroatoms. The lowest BCUT2D eigenvalue weighted by Crippen LogP contribution is -2.16. The van der Waals surface area contributed by atoms with E-state index in [1.807, 2.05) is 29.5 Å². The van der Waals surface area contributed by atoms with Crippen molar-refractivity contribution in [2.24, 2.45) is 0 Å². The molecular weight excluding hydrogens is 833 g/mol. The number of fused-ring (bicyclic) bond motifs is 9. The predicted molar refractivity (Wildman–Crippen MR) is 282 cm³/mol. The van der Waals surface area contributed by atoms with Gasteiger partial charge in [-0.2, -0.15) is 0 Å². The van der Waals surface area contributed by atoms with Crippen molar-refractivity contribution in [2.75, 3.05) is 4.90 Å². The number of rotatable bonds is 7. The van der Waals surface area contributed by atoms with Gasteiger partial charge in [-0.1, -0.05) is 172 Å². The van der Waals surface area contributed by atoms with E-state index in [2.05, 4.69) is 219 Å². The molecule has 316 valence electrons. The van der Waals surface area contributed by atoms with Gasteiger partial charge < -0.3 is 4.90 Å². The monoisotopic (exact) mass is 874 g/mol. The van der Waals surface area contributed by atoms with Crippen molar-refractivity contribution in [3.05, 3.63) is 230 Å². The predicted octanol–water partition coefficient (Wildman–Crippen LogP) is 17.0. The van der Waals surface area contributed by atoms with E-state index >= 15 is 0 Å². The van der Waals surface area contributed by atoms with E-state index in [1.165, 1.54) is 53.2 Å². The van der Waals surface area contributed by atoms with Gasteiger partial charge in [-0.05, 0) is 110 Å². The van der Waals surface area contributed by atoms with Crippen molar-refractivity contribution < 1.29 is 0 Å². The van der Waals surface area contributed by atoms with E-state index in [-0.39, 0.29) is 5.41 Å². The van der Waals surface area contributed by atoms with Crippen LogP contribution in [0, 0.1) is 0 Å². The molecule has 67 heavy (non-hydrogen) atoms. The highest BCUT2D eigenvalue weighted by Crippen LogP contribution is 2.51. The van der Waals surface area contributed by atoms with Crippen LogP contribution >= 0.6 is 11.3 Å². The average Bonchev–Trinajstić information content (AvgIpc) is 3.88. The maximum Gasteiger partial charge on any atom is 0.164 e. The van der Waals surface area contributed by atoms with Crippen molar-refractivity contribution in [1.29, 1.82) is 0 Å². The molecule has 0 bridgehead atoms. The molecule has 13 rings (SSSR count). The molecule has 0 unspecified atom stereocenters. The van der Waals surface area contributed by atoms with Crippen LogP contribution in [0.1, 0.15) is 25.0 Å². The standard InChI is InChI=1S/C62H42N4S/c1-62(2)55-23-13-11-21-49(55)50-34-32-47(37-56(50)62)66(45-19-7-4-8-20-45)46-30-27-40(28-31-46)43-29-33-48-52(36-43)58-53(51-22-12-14-24-57(51)67-58)38-54(48)61-64-59(41-16-5-3-6-17-41)63-60(65-61)44-26-25-39-15-9-10-18-42(39)35-44/h3-38H,1-2H3. The fourth-order valence-corrected chi connectivity index (χ4v) is 11.5. The third-order valence-corrected chi connectivity index (χ3v) is 14.9. The van der Waals surface area contributed by atoms with Crippen LogP contribution < -0.4 is 4.90 Å². The van der Waals surface area contributed by atoms with E-state index in [0.717, 1.165) is 55.7 Å². The topological polar surface area (TPSA) is 41.9 Å². The number of nitrogens with zero attached hydrogens (tertiary/aromatic N) is 4. The number of hydrogen-bond acceptors (Lipinski definition) is 5. The zero-order valence-electron chi connectivity index (χ0n) is 37.0. The lowest BCUT2D eigenvalue weighted by Gasteiger charge is -2.28. The Morgan fingerprint density at radius 1 is 0.358 bits per heavy atom. The van der Waals surface area contributed by atoms with Crippen molar-refractivity contribution in [3.63, 3.8) is 0 Å². The molecule has 0 saturated carbocycles. The van der Waals surface area contributed by atoms with Gasteiger partial charge >= 0.3 is 0 Å². The quantitative estimate of drug-likeness (QED) is 0.160. The Morgan fingerprint density at radius 3 is 1.81 bits per heavy atom. The van der Waals surface area contributed by atoms with Crippen LogP contribution in [0.3, 0.4) is 0 Å². The van der Waals surface area contributed by atoms with Gasteiger partial charge in [0.15, 0.2) is 17.5 Å². The second kappa shape index (κ2) is 15.4. The Labute approximate surface area is 393 Å². The van der Waals surface area contributed by atoms with Gasteiger partial charge in [0.1, 0.15) is 0 Å². The summed E-state index contributed by atoms with van der Waals surface area (Å²) in [5.41, 5.74) is 13.8. The van der Waals surface area contributed by atoms with Gasteiger partial charge in [0.05, 0.1) is 0 Å². The fourth-order valence-electron chi connectivity index (χ4n) is 10.3. The molecule has 0 saturated heterocycles. The van der Waals surface area contributed by atoms with E-state index in [4.69, 9.17) is 15.0 Å². The summed E-state index contributed by atoms with van der Waals surface area (Å²) in [6.07, 6.45) is 0. The lowest BCUT2D eigenvalue weighted by molar-refractivity contribution is 0.660. The van der Waals surface area contributed by atoms with Crippen molar-refractivity contribution >= 4 is 70.1 Å². The summed E-state index contributed by atoms with van der Waals surface area (Å²) in [6, 6.07) is 78.6. The number of aromatic nitrogens is 3. The summed E-state index contributed by atoms with van der Waals surface area (Å²) in [5.74, 6) is 1.94. The molecular formula is C62H42N4S. The molecule has 0 fully saturated rings. The molecule has 1 aliphatic rings. The number of para-hydroxylation sites is 1. The molecule has 2 aromatic heterocycles. The first kappa shape index (κ1) is 39.1.